The molecule has 0 bridgehead atoms. The number of aliphatic imine (C=N–C) groups is 1. The number of ether oxygens (including phenoxy) is 2. The first-order chi connectivity index (χ1) is 12.9. The van der Waals surface area contributed by atoms with Crippen LogP contribution in [-0.4, -0.2) is 39.2 Å². The molecule has 0 aromatic heterocycles. The van der Waals surface area contributed by atoms with Gasteiger partial charge < -0.3 is 25.8 Å². The van der Waals surface area contributed by atoms with Crippen LogP contribution in [0.2, 0.25) is 10.0 Å². The number of methoxy groups -OCH3 is 2. The van der Waals surface area contributed by atoms with Gasteiger partial charge >= 0.3 is 0 Å². The van der Waals surface area contributed by atoms with Crippen LogP contribution in [0, 0.1) is 0 Å². The molecule has 0 saturated heterocycles. The van der Waals surface area contributed by atoms with Crippen LogP contribution >= 0.6 is 47.2 Å². The lowest BCUT2D eigenvalue weighted by molar-refractivity contribution is 0.0955. The highest BCUT2D eigenvalue weighted by Crippen LogP contribution is 2.29. The van der Waals surface area contributed by atoms with Crippen molar-refractivity contribution in [3.8, 4) is 11.5 Å². The molecule has 2 aromatic carbocycles. The molecule has 0 aliphatic heterocycles. The van der Waals surface area contributed by atoms with E-state index in [1.165, 1.54) is 6.07 Å². The molecular formula is C18H21Cl2IN4O3. The molecule has 4 N–H and O–H groups in total. The van der Waals surface area contributed by atoms with Gasteiger partial charge in [0.2, 0.25) is 0 Å². The first-order valence-electron chi connectivity index (χ1n) is 7.96. The number of nitrogens with two attached hydrogens (primary N) is 1. The molecule has 1 amide bonds. The number of nitrogens with one attached hydrogen (secondary N) is 2. The molecule has 2 aromatic rings. The Bertz CT molecular complexity index is 850. The summed E-state index contributed by atoms with van der Waals surface area (Å²) in [5, 5.41) is 6.40. The zero-order valence-corrected chi connectivity index (χ0v) is 19.1. The van der Waals surface area contributed by atoms with Crippen LogP contribution < -0.4 is 25.8 Å². The van der Waals surface area contributed by atoms with Crippen LogP contribution in [-0.2, 0) is 0 Å². The molecule has 0 unspecified atom stereocenters. The van der Waals surface area contributed by atoms with Crippen LogP contribution in [0.4, 0.5) is 5.69 Å². The Hall–Kier alpha value is -1.91. The number of carbonyl (C=O) groups excluding carboxylic acids is 1. The highest BCUT2D eigenvalue weighted by molar-refractivity contribution is 14.0. The third-order valence-corrected chi connectivity index (χ3v) is 4.26. The van der Waals surface area contributed by atoms with E-state index in [-0.39, 0.29) is 35.8 Å². The first kappa shape index (κ1) is 24.1. The van der Waals surface area contributed by atoms with Gasteiger partial charge in [-0.1, -0.05) is 23.2 Å². The van der Waals surface area contributed by atoms with E-state index in [1.54, 1.807) is 44.6 Å². The lowest BCUT2D eigenvalue weighted by atomic mass is 10.2. The van der Waals surface area contributed by atoms with Crippen LogP contribution in [0.25, 0.3) is 0 Å². The minimum Gasteiger partial charge on any atom is -0.493 e. The van der Waals surface area contributed by atoms with Gasteiger partial charge in [-0.05, 0) is 30.3 Å². The van der Waals surface area contributed by atoms with Crippen molar-refractivity contribution in [2.45, 2.75) is 0 Å². The van der Waals surface area contributed by atoms with E-state index in [0.717, 1.165) is 0 Å². The molecule has 0 saturated carbocycles. The minimum absolute atomic E-state index is 0. The van der Waals surface area contributed by atoms with Crippen molar-refractivity contribution in [2.24, 2.45) is 10.7 Å². The van der Waals surface area contributed by atoms with Crippen molar-refractivity contribution in [3.63, 3.8) is 0 Å². The summed E-state index contributed by atoms with van der Waals surface area (Å²) in [6, 6.07) is 9.96. The molecule has 0 radical (unpaired) electrons. The van der Waals surface area contributed by atoms with Gasteiger partial charge in [-0.25, -0.2) is 0 Å². The Labute approximate surface area is 190 Å². The molecule has 152 valence electrons. The Balaban J connectivity index is 0.00000392. The van der Waals surface area contributed by atoms with E-state index in [0.29, 0.717) is 45.9 Å². The van der Waals surface area contributed by atoms with E-state index in [1.807, 2.05) is 0 Å². The number of amides is 1. The fourth-order valence-corrected chi connectivity index (χ4v) is 2.48. The van der Waals surface area contributed by atoms with E-state index >= 15 is 0 Å². The SMILES string of the molecule is COc1ccc(NC(N)=NCCNC(=O)c2ccc(Cl)c(Cl)c2)cc1OC.I. The van der Waals surface area contributed by atoms with Gasteiger partial charge in [0.25, 0.3) is 5.91 Å². The number of hydrogen-bond donors (Lipinski definition) is 3. The Morgan fingerprint density at radius 1 is 1.07 bits per heavy atom. The summed E-state index contributed by atoms with van der Waals surface area (Å²) < 4.78 is 10.4. The average molecular weight is 539 g/mol. The van der Waals surface area contributed by atoms with E-state index in [2.05, 4.69) is 15.6 Å². The van der Waals surface area contributed by atoms with Crippen molar-refractivity contribution >= 4 is 64.7 Å². The van der Waals surface area contributed by atoms with Gasteiger partial charge in [-0.15, -0.1) is 24.0 Å². The molecule has 0 spiro atoms. The third-order valence-electron chi connectivity index (χ3n) is 3.52. The van der Waals surface area contributed by atoms with Gasteiger partial charge in [-0.2, -0.15) is 0 Å². The summed E-state index contributed by atoms with van der Waals surface area (Å²) in [6.45, 7) is 0.618. The number of hydrogen-bond acceptors (Lipinski definition) is 4. The molecule has 0 heterocycles. The maximum absolute atomic E-state index is 12.0. The molecule has 0 aliphatic rings. The Kier molecular flexibility index (Phi) is 10.2. The minimum atomic E-state index is -0.268. The third kappa shape index (κ3) is 6.92. The molecule has 0 atom stereocenters. The number of benzene rings is 2. The highest BCUT2D eigenvalue weighted by Gasteiger charge is 2.08. The summed E-state index contributed by atoms with van der Waals surface area (Å²) >= 11 is 11.7. The summed E-state index contributed by atoms with van der Waals surface area (Å²) in [5.74, 6) is 1.13. The van der Waals surface area contributed by atoms with E-state index < -0.39 is 0 Å². The first-order valence-corrected chi connectivity index (χ1v) is 8.72. The predicted molar refractivity (Wildman–Crippen MR) is 124 cm³/mol. The number of guanidine groups is 1. The van der Waals surface area contributed by atoms with Gasteiger partial charge in [0.05, 0.1) is 30.8 Å². The normalized spacial score (nSPS) is 10.6. The predicted octanol–water partition coefficient (Wildman–Crippen LogP) is 3.79. The van der Waals surface area contributed by atoms with Crippen LogP contribution in [0.3, 0.4) is 0 Å². The summed E-state index contributed by atoms with van der Waals surface area (Å²) in [6.07, 6.45) is 0. The average Bonchev–Trinajstić information content (AvgIpc) is 2.67. The summed E-state index contributed by atoms with van der Waals surface area (Å²) in [7, 11) is 3.11. The second kappa shape index (κ2) is 11.8. The van der Waals surface area contributed by atoms with Crippen molar-refractivity contribution in [2.75, 3.05) is 32.6 Å². The van der Waals surface area contributed by atoms with Crippen molar-refractivity contribution in [1.29, 1.82) is 0 Å². The number of carbonyl (C=O) groups is 1. The van der Waals surface area contributed by atoms with Gasteiger partial charge in [-0.3, -0.25) is 9.79 Å². The van der Waals surface area contributed by atoms with Crippen LogP contribution in [0.1, 0.15) is 10.4 Å². The van der Waals surface area contributed by atoms with Crippen molar-refractivity contribution in [3.05, 3.63) is 52.0 Å². The summed E-state index contributed by atoms with van der Waals surface area (Å²) in [4.78, 5) is 16.2. The monoisotopic (exact) mass is 538 g/mol. The fraction of sp³-hybridized carbons (Fsp3) is 0.222. The van der Waals surface area contributed by atoms with E-state index in [4.69, 9.17) is 38.4 Å². The Morgan fingerprint density at radius 2 is 1.79 bits per heavy atom. The zero-order valence-electron chi connectivity index (χ0n) is 15.3. The Morgan fingerprint density at radius 3 is 2.43 bits per heavy atom. The smallest absolute Gasteiger partial charge is 0.251 e. The molecule has 0 fully saturated rings. The largest absolute Gasteiger partial charge is 0.493 e. The molecular weight excluding hydrogens is 518 g/mol. The van der Waals surface area contributed by atoms with Crippen molar-refractivity contribution in [1.82, 2.24) is 5.32 Å². The van der Waals surface area contributed by atoms with Crippen LogP contribution in [0.5, 0.6) is 11.5 Å². The quantitative estimate of drug-likeness (QED) is 0.216. The fourth-order valence-electron chi connectivity index (χ4n) is 2.19. The highest BCUT2D eigenvalue weighted by atomic mass is 127. The topological polar surface area (TPSA) is 98.0 Å². The summed E-state index contributed by atoms with van der Waals surface area (Å²) in [5.41, 5.74) is 6.98. The van der Waals surface area contributed by atoms with Gasteiger partial charge in [0, 0.05) is 23.9 Å². The maximum Gasteiger partial charge on any atom is 0.251 e. The maximum atomic E-state index is 12.0. The number of halogens is 3. The molecule has 28 heavy (non-hydrogen) atoms. The number of rotatable bonds is 7. The molecule has 10 heteroatoms. The zero-order chi connectivity index (χ0) is 19.8. The molecule has 7 nitrogen and oxygen atoms in total. The number of anilines is 1. The second-order valence-corrected chi connectivity index (χ2v) is 6.16. The van der Waals surface area contributed by atoms with Crippen LogP contribution in [0.15, 0.2) is 41.4 Å². The molecule has 0 aliphatic carbocycles. The molecule has 2 rings (SSSR count). The van der Waals surface area contributed by atoms with Gasteiger partial charge in [0.15, 0.2) is 17.5 Å². The lowest BCUT2D eigenvalue weighted by Gasteiger charge is -2.11. The second-order valence-electron chi connectivity index (χ2n) is 5.35. The standard InChI is InChI=1S/C18H20Cl2N4O3.HI/c1-26-15-6-4-12(10-16(15)27-2)24-18(21)23-8-7-22-17(25)11-3-5-13(19)14(20)9-11;/h3-6,9-10H,7-8H2,1-2H3,(H,22,25)(H3,21,23,24);1H. The lowest BCUT2D eigenvalue weighted by Crippen LogP contribution is -2.28. The number of nitrogens with zero attached hydrogens (tertiary/aromatic N) is 1. The van der Waals surface area contributed by atoms with Gasteiger partial charge in [0.1, 0.15) is 0 Å². The van der Waals surface area contributed by atoms with E-state index in [9.17, 15) is 4.79 Å². The van der Waals surface area contributed by atoms with Crippen molar-refractivity contribution < 1.29 is 14.3 Å².